The number of rotatable bonds is 5. The van der Waals surface area contributed by atoms with Gasteiger partial charge in [0.25, 0.3) is 0 Å². The van der Waals surface area contributed by atoms with Crippen molar-refractivity contribution in [2.24, 2.45) is 5.92 Å². The van der Waals surface area contributed by atoms with Gasteiger partial charge in [0.2, 0.25) is 0 Å². The minimum Gasteiger partial charge on any atom is -0.493 e. The van der Waals surface area contributed by atoms with Crippen LogP contribution in [0.1, 0.15) is 20.8 Å². The van der Waals surface area contributed by atoms with E-state index in [1.54, 1.807) is 29.2 Å². The number of carbonyl (C=O) groups is 1. The molecular weight excluding hydrogens is 390 g/mol. The molecule has 156 valence electrons. The fourth-order valence-corrected chi connectivity index (χ4v) is 3.63. The molecule has 0 saturated carbocycles. The molecule has 2 aromatic rings. The van der Waals surface area contributed by atoms with Gasteiger partial charge in [-0.25, -0.2) is 13.2 Å². The van der Waals surface area contributed by atoms with Crippen molar-refractivity contribution in [1.82, 2.24) is 4.90 Å². The topological polar surface area (TPSA) is 72.9 Å². The maximum Gasteiger partial charge on any atom is 0.410 e. The van der Waals surface area contributed by atoms with E-state index in [2.05, 4.69) is 0 Å². The maximum atomic E-state index is 11.9. The Morgan fingerprint density at radius 3 is 2.00 bits per heavy atom. The Morgan fingerprint density at radius 2 is 1.52 bits per heavy atom. The van der Waals surface area contributed by atoms with Gasteiger partial charge in [0.1, 0.15) is 11.4 Å². The van der Waals surface area contributed by atoms with Gasteiger partial charge in [-0.15, -0.1) is 0 Å². The van der Waals surface area contributed by atoms with Crippen LogP contribution in [0.5, 0.6) is 5.75 Å². The lowest BCUT2D eigenvalue weighted by molar-refractivity contribution is -0.00781. The van der Waals surface area contributed by atoms with Crippen molar-refractivity contribution in [3.8, 4) is 16.9 Å². The predicted molar refractivity (Wildman–Crippen MR) is 112 cm³/mol. The van der Waals surface area contributed by atoms with Crippen LogP contribution in [0.25, 0.3) is 11.1 Å². The summed E-state index contributed by atoms with van der Waals surface area (Å²) in [5.41, 5.74) is 1.44. The van der Waals surface area contributed by atoms with E-state index in [1.165, 1.54) is 6.26 Å². The minimum absolute atomic E-state index is 0.278. The van der Waals surface area contributed by atoms with Gasteiger partial charge in [-0.1, -0.05) is 24.3 Å². The number of likely N-dealkylation sites (tertiary alicyclic amines) is 1. The number of benzene rings is 2. The molecule has 7 heteroatoms. The first-order valence-corrected chi connectivity index (χ1v) is 11.4. The highest BCUT2D eigenvalue weighted by Crippen LogP contribution is 2.25. The van der Waals surface area contributed by atoms with Crippen LogP contribution in [0.4, 0.5) is 4.79 Å². The van der Waals surface area contributed by atoms with E-state index in [1.807, 2.05) is 45.0 Å². The third-order valence-electron chi connectivity index (χ3n) is 4.56. The van der Waals surface area contributed by atoms with Crippen molar-refractivity contribution in [2.75, 3.05) is 26.0 Å². The number of sulfone groups is 1. The first kappa shape index (κ1) is 21.2. The maximum absolute atomic E-state index is 11.9. The van der Waals surface area contributed by atoms with E-state index >= 15 is 0 Å². The van der Waals surface area contributed by atoms with Crippen LogP contribution in [0.15, 0.2) is 53.4 Å². The average molecular weight is 418 g/mol. The second-order valence-corrected chi connectivity index (χ2v) is 10.4. The summed E-state index contributed by atoms with van der Waals surface area (Å²) < 4.78 is 34.3. The Balaban J connectivity index is 1.49. The first-order chi connectivity index (χ1) is 13.5. The Bertz CT molecular complexity index is 954. The van der Waals surface area contributed by atoms with Gasteiger partial charge in [-0.3, -0.25) is 0 Å². The molecule has 0 aliphatic carbocycles. The van der Waals surface area contributed by atoms with E-state index in [4.69, 9.17) is 9.47 Å². The molecule has 2 aromatic carbocycles. The van der Waals surface area contributed by atoms with E-state index in [-0.39, 0.29) is 6.09 Å². The molecule has 1 aliphatic rings. The molecule has 0 bridgehead atoms. The molecule has 1 heterocycles. The smallest absolute Gasteiger partial charge is 0.410 e. The van der Waals surface area contributed by atoms with Gasteiger partial charge < -0.3 is 14.4 Å². The Morgan fingerprint density at radius 1 is 1.00 bits per heavy atom. The summed E-state index contributed by atoms with van der Waals surface area (Å²) in [6, 6.07) is 14.5. The zero-order valence-corrected chi connectivity index (χ0v) is 18.0. The second-order valence-electron chi connectivity index (χ2n) is 8.38. The number of carbonyl (C=O) groups excluding carboxylic acids is 1. The minimum atomic E-state index is -3.19. The van der Waals surface area contributed by atoms with E-state index in [0.29, 0.717) is 30.5 Å². The van der Waals surface area contributed by atoms with Crippen LogP contribution in [0.3, 0.4) is 0 Å². The molecule has 0 aromatic heterocycles. The lowest BCUT2D eigenvalue weighted by Crippen LogP contribution is -2.53. The number of nitrogens with zero attached hydrogens (tertiary/aromatic N) is 1. The SMILES string of the molecule is CC(C)(C)OC(=O)N1CC(COc2ccc(-c3ccc(S(C)(=O)=O)cc3)cc2)C1. The van der Waals surface area contributed by atoms with E-state index < -0.39 is 15.4 Å². The van der Waals surface area contributed by atoms with Crippen molar-refractivity contribution < 1.29 is 22.7 Å². The van der Waals surface area contributed by atoms with Gasteiger partial charge in [-0.05, 0) is 56.2 Å². The zero-order chi connectivity index (χ0) is 21.2. The summed E-state index contributed by atoms with van der Waals surface area (Å²) in [4.78, 5) is 13.9. The van der Waals surface area contributed by atoms with Crippen LogP contribution in [0, 0.1) is 5.92 Å². The van der Waals surface area contributed by atoms with Crippen molar-refractivity contribution in [3.05, 3.63) is 48.5 Å². The molecule has 0 unspecified atom stereocenters. The fraction of sp³-hybridized carbons (Fsp3) is 0.409. The van der Waals surface area contributed by atoms with Gasteiger partial charge in [0.15, 0.2) is 9.84 Å². The van der Waals surface area contributed by atoms with Gasteiger partial charge in [-0.2, -0.15) is 0 Å². The van der Waals surface area contributed by atoms with Crippen LogP contribution in [0.2, 0.25) is 0 Å². The number of amides is 1. The molecule has 0 N–H and O–H groups in total. The molecular formula is C22H27NO5S. The Labute approximate surface area is 172 Å². The highest BCUT2D eigenvalue weighted by Gasteiger charge is 2.34. The molecule has 1 aliphatic heterocycles. The predicted octanol–water partition coefficient (Wildman–Crippen LogP) is 4.00. The monoisotopic (exact) mass is 417 g/mol. The van der Waals surface area contributed by atoms with E-state index in [0.717, 1.165) is 16.9 Å². The molecule has 1 amide bonds. The summed E-state index contributed by atoms with van der Waals surface area (Å²) in [5, 5.41) is 0. The lowest BCUT2D eigenvalue weighted by atomic mass is 10.0. The third-order valence-corrected chi connectivity index (χ3v) is 5.69. The zero-order valence-electron chi connectivity index (χ0n) is 17.2. The van der Waals surface area contributed by atoms with Crippen LogP contribution in [-0.4, -0.2) is 51.0 Å². The second kappa shape index (κ2) is 8.06. The average Bonchev–Trinajstić information content (AvgIpc) is 2.59. The van der Waals surface area contributed by atoms with Crippen molar-refractivity contribution in [1.29, 1.82) is 0 Å². The molecule has 0 atom stereocenters. The van der Waals surface area contributed by atoms with Gasteiger partial charge >= 0.3 is 6.09 Å². The van der Waals surface area contributed by atoms with Crippen LogP contribution >= 0.6 is 0 Å². The number of hydrogen-bond acceptors (Lipinski definition) is 5. The quantitative estimate of drug-likeness (QED) is 0.735. The molecule has 0 radical (unpaired) electrons. The standard InChI is InChI=1S/C22H27NO5S/c1-22(2,3)28-21(24)23-13-16(14-23)15-27-19-9-5-17(6-10-19)18-7-11-20(12-8-18)29(4,25)26/h5-12,16H,13-15H2,1-4H3. The van der Waals surface area contributed by atoms with E-state index in [9.17, 15) is 13.2 Å². The molecule has 1 saturated heterocycles. The summed E-state index contributed by atoms with van der Waals surface area (Å²) in [6.45, 7) is 7.39. The Kier molecular flexibility index (Phi) is 5.89. The lowest BCUT2D eigenvalue weighted by Gasteiger charge is -2.39. The normalized spacial score (nSPS) is 15.0. The molecule has 3 rings (SSSR count). The fourth-order valence-electron chi connectivity index (χ4n) is 3.00. The summed E-state index contributed by atoms with van der Waals surface area (Å²) >= 11 is 0. The number of ether oxygens (including phenoxy) is 2. The van der Waals surface area contributed by atoms with Crippen molar-refractivity contribution in [2.45, 2.75) is 31.3 Å². The first-order valence-electron chi connectivity index (χ1n) is 9.52. The highest BCUT2D eigenvalue weighted by atomic mass is 32.2. The summed E-state index contributed by atoms with van der Waals surface area (Å²) in [5.74, 6) is 1.06. The summed E-state index contributed by atoms with van der Waals surface area (Å²) in [7, 11) is -3.19. The van der Waals surface area contributed by atoms with Crippen molar-refractivity contribution in [3.63, 3.8) is 0 Å². The van der Waals surface area contributed by atoms with Crippen LogP contribution in [-0.2, 0) is 14.6 Å². The van der Waals surface area contributed by atoms with Crippen molar-refractivity contribution >= 4 is 15.9 Å². The molecule has 0 spiro atoms. The van der Waals surface area contributed by atoms with Gasteiger partial charge in [0, 0.05) is 25.3 Å². The molecule has 1 fully saturated rings. The third kappa shape index (κ3) is 5.73. The molecule has 6 nitrogen and oxygen atoms in total. The number of hydrogen-bond donors (Lipinski definition) is 0. The Hall–Kier alpha value is -2.54. The summed E-state index contributed by atoms with van der Waals surface area (Å²) in [6.07, 6.45) is 0.920. The highest BCUT2D eigenvalue weighted by molar-refractivity contribution is 7.90. The largest absolute Gasteiger partial charge is 0.493 e. The molecule has 29 heavy (non-hydrogen) atoms. The van der Waals surface area contributed by atoms with Gasteiger partial charge in [0.05, 0.1) is 11.5 Å². The van der Waals surface area contributed by atoms with Crippen LogP contribution < -0.4 is 4.74 Å².